The predicted molar refractivity (Wildman–Crippen MR) is 64.4 cm³/mol. The van der Waals surface area contributed by atoms with E-state index in [2.05, 4.69) is 12.2 Å². The third kappa shape index (κ3) is 7.08. The first-order chi connectivity index (χ1) is 7.61. The second-order valence-corrected chi connectivity index (χ2v) is 3.37. The summed E-state index contributed by atoms with van der Waals surface area (Å²) in [5, 5.41) is 8.55. The summed E-state index contributed by atoms with van der Waals surface area (Å²) in [4.78, 5) is 23.1. The van der Waals surface area contributed by atoms with Crippen LogP contribution in [-0.2, 0) is 9.59 Å². The average molecular weight is 244 g/mol. The normalized spacial score (nSPS) is 10.3. The molecule has 0 aliphatic heterocycles. The Kier molecular flexibility index (Phi) is 8.28. The van der Waals surface area contributed by atoms with E-state index in [0.717, 1.165) is 22.9 Å². The molecule has 0 aliphatic rings. The van der Waals surface area contributed by atoms with Gasteiger partial charge in [0.05, 0.1) is 5.49 Å². The number of aliphatic hydroxyl groups excluding tert-OH is 1. The molecule has 0 radical (unpaired) electrons. The number of nitrogens with zero attached hydrogens (tertiary/aromatic N) is 1. The Bertz CT molecular complexity index is 279. The van der Waals surface area contributed by atoms with E-state index in [-0.39, 0.29) is 12.5 Å². The molecule has 2 amide bonds. The van der Waals surface area contributed by atoms with Crippen LogP contribution in [0.3, 0.4) is 0 Å². The zero-order valence-electron chi connectivity index (χ0n) is 8.96. The molecule has 0 aromatic carbocycles. The van der Waals surface area contributed by atoms with Crippen LogP contribution in [0.2, 0.25) is 0 Å². The van der Waals surface area contributed by atoms with Crippen molar-refractivity contribution in [1.82, 2.24) is 4.90 Å². The SMILES string of the molecule is NC(=O)/C=C\N(C=S)C(=O)CCCCCO. The van der Waals surface area contributed by atoms with Crippen LogP contribution in [-0.4, -0.2) is 33.9 Å². The number of unbranched alkanes of at least 4 members (excludes halogenated alkanes) is 2. The van der Waals surface area contributed by atoms with Crippen molar-refractivity contribution in [2.75, 3.05) is 6.61 Å². The fraction of sp³-hybridized carbons (Fsp3) is 0.500. The number of hydrogen-bond donors (Lipinski definition) is 2. The molecule has 0 atom stereocenters. The molecule has 0 rings (SSSR count). The van der Waals surface area contributed by atoms with Crippen LogP contribution in [0, 0.1) is 0 Å². The maximum Gasteiger partial charge on any atom is 0.242 e. The summed E-state index contributed by atoms with van der Waals surface area (Å²) < 4.78 is 0. The maximum absolute atomic E-state index is 11.5. The molecule has 0 aromatic heterocycles. The first-order valence-corrected chi connectivity index (χ1v) is 5.44. The number of amides is 2. The highest BCUT2D eigenvalue weighted by Crippen LogP contribution is 2.02. The molecule has 3 N–H and O–H groups in total. The lowest BCUT2D eigenvalue weighted by Crippen LogP contribution is -2.23. The molecule has 0 heterocycles. The van der Waals surface area contributed by atoms with Crippen LogP contribution in [0.25, 0.3) is 0 Å². The van der Waals surface area contributed by atoms with Gasteiger partial charge >= 0.3 is 0 Å². The van der Waals surface area contributed by atoms with Gasteiger partial charge in [0.25, 0.3) is 0 Å². The largest absolute Gasteiger partial charge is 0.396 e. The first kappa shape index (κ1) is 14.7. The number of carbonyl (C=O) groups excluding carboxylic acids is 2. The lowest BCUT2D eigenvalue weighted by atomic mass is 10.2. The second kappa shape index (κ2) is 8.99. The van der Waals surface area contributed by atoms with Gasteiger partial charge in [-0.25, -0.2) is 0 Å². The minimum atomic E-state index is -0.630. The molecule has 0 saturated carbocycles. The van der Waals surface area contributed by atoms with Gasteiger partial charge in [0.15, 0.2) is 0 Å². The lowest BCUT2D eigenvalue weighted by molar-refractivity contribution is -0.125. The Hall–Kier alpha value is -1.27. The van der Waals surface area contributed by atoms with Crippen LogP contribution in [0.15, 0.2) is 12.3 Å². The summed E-state index contributed by atoms with van der Waals surface area (Å²) in [5.41, 5.74) is 6.06. The van der Waals surface area contributed by atoms with E-state index < -0.39 is 5.91 Å². The highest BCUT2D eigenvalue weighted by molar-refractivity contribution is 7.78. The predicted octanol–water partition coefficient (Wildman–Crippen LogP) is 0.324. The van der Waals surface area contributed by atoms with E-state index in [4.69, 9.17) is 10.8 Å². The van der Waals surface area contributed by atoms with Gasteiger partial charge in [-0.2, -0.15) is 0 Å². The Morgan fingerprint density at radius 2 is 2.00 bits per heavy atom. The zero-order valence-corrected chi connectivity index (χ0v) is 9.78. The maximum atomic E-state index is 11.5. The van der Waals surface area contributed by atoms with Gasteiger partial charge in [0.2, 0.25) is 11.8 Å². The monoisotopic (exact) mass is 244 g/mol. The standard InChI is InChI=1S/C10H16N2O3S/c11-9(14)5-6-12(8-16)10(15)4-2-1-3-7-13/h5-6,8,13H,1-4,7H2,(H2,11,14)/b6-5-. The van der Waals surface area contributed by atoms with E-state index in [9.17, 15) is 9.59 Å². The molecule has 0 bridgehead atoms. The molecular formula is C10H16N2O3S. The fourth-order valence-corrected chi connectivity index (χ4v) is 1.21. The smallest absolute Gasteiger partial charge is 0.242 e. The molecule has 90 valence electrons. The van der Waals surface area contributed by atoms with Crippen LogP contribution in [0.5, 0.6) is 0 Å². The van der Waals surface area contributed by atoms with Gasteiger partial charge in [-0.1, -0.05) is 18.6 Å². The van der Waals surface area contributed by atoms with Crippen molar-refractivity contribution in [2.24, 2.45) is 5.73 Å². The van der Waals surface area contributed by atoms with Gasteiger partial charge in [-0.05, 0) is 12.8 Å². The molecule has 0 saturated heterocycles. The Morgan fingerprint density at radius 3 is 2.50 bits per heavy atom. The van der Waals surface area contributed by atoms with Crippen molar-refractivity contribution in [3.63, 3.8) is 0 Å². The molecule has 0 aliphatic carbocycles. The van der Waals surface area contributed by atoms with Crippen LogP contribution in [0.1, 0.15) is 25.7 Å². The summed E-state index contributed by atoms with van der Waals surface area (Å²) >= 11 is 4.64. The average Bonchev–Trinajstić information content (AvgIpc) is 2.25. The highest BCUT2D eigenvalue weighted by atomic mass is 32.1. The molecule has 0 fully saturated rings. The van der Waals surface area contributed by atoms with E-state index in [0.29, 0.717) is 19.3 Å². The quantitative estimate of drug-likeness (QED) is 0.366. The van der Waals surface area contributed by atoms with Crippen molar-refractivity contribution >= 4 is 29.5 Å². The van der Waals surface area contributed by atoms with E-state index in [1.165, 1.54) is 6.20 Å². The molecule has 0 unspecified atom stereocenters. The molecule has 16 heavy (non-hydrogen) atoms. The number of nitrogens with two attached hydrogens (primary N) is 1. The van der Waals surface area contributed by atoms with Crippen LogP contribution in [0.4, 0.5) is 0 Å². The van der Waals surface area contributed by atoms with Crippen LogP contribution < -0.4 is 5.73 Å². The number of hydrogen-bond acceptors (Lipinski definition) is 4. The van der Waals surface area contributed by atoms with Crippen molar-refractivity contribution in [3.8, 4) is 0 Å². The van der Waals surface area contributed by atoms with Crippen molar-refractivity contribution < 1.29 is 14.7 Å². The number of carbonyl (C=O) groups is 2. The molecule has 6 heteroatoms. The molecule has 0 spiro atoms. The number of aliphatic hydroxyl groups is 1. The topological polar surface area (TPSA) is 83.6 Å². The van der Waals surface area contributed by atoms with Gasteiger partial charge in [-0.15, -0.1) is 0 Å². The van der Waals surface area contributed by atoms with Crippen LogP contribution >= 0.6 is 12.2 Å². The van der Waals surface area contributed by atoms with E-state index >= 15 is 0 Å². The van der Waals surface area contributed by atoms with Gasteiger partial charge in [0.1, 0.15) is 0 Å². The summed E-state index contributed by atoms with van der Waals surface area (Å²) in [6.45, 7) is 0.132. The van der Waals surface area contributed by atoms with Gasteiger partial charge in [-0.3, -0.25) is 14.5 Å². The minimum absolute atomic E-state index is 0.132. The Balaban J connectivity index is 4.01. The highest BCUT2D eigenvalue weighted by Gasteiger charge is 2.07. The number of rotatable bonds is 8. The second-order valence-electron chi connectivity index (χ2n) is 3.16. The third-order valence-corrected chi connectivity index (χ3v) is 2.08. The summed E-state index contributed by atoms with van der Waals surface area (Å²) in [7, 11) is 0. The van der Waals surface area contributed by atoms with Gasteiger partial charge < -0.3 is 10.8 Å². The summed E-state index contributed by atoms with van der Waals surface area (Å²) in [6.07, 6.45) is 4.81. The third-order valence-electron chi connectivity index (χ3n) is 1.85. The molecule has 5 nitrogen and oxygen atoms in total. The summed E-state index contributed by atoms with van der Waals surface area (Å²) in [6, 6.07) is 0. The van der Waals surface area contributed by atoms with Crippen molar-refractivity contribution in [2.45, 2.75) is 25.7 Å². The van der Waals surface area contributed by atoms with E-state index in [1.807, 2.05) is 0 Å². The summed E-state index contributed by atoms with van der Waals surface area (Å²) in [5.74, 6) is -0.819. The minimum Gasteiger partial charge on any atom is -0.396 e. The Morgan fingerprint density at radius 1 is 1.31 bits per heavy atom. The fourth-order valence-electron chi connectivity index (χ4n) is 1.02. The van der Waals surface area contributed by atoms with Crippen molar-refractivity contribution in [3.05, 3.63) is 12.3 Å². The van der Waals surface area contributed by atoms with Crippen molar-refractivity contribution in [1.29, 1.82) is 0 Å². The number of primary amides is 1. The first-order valence-electron chi connectivity index (χ1n) is 4.96. The molecular weight excluding hydrogens is 228 g/mol. The van der Waals surface area contributed by atoms with E-state index in [1.54, 1.807) is 0 Å². The van der Waals surface area contributed by atoms with Gasteiger partial charge in [0, 0.05) is 25.3 Å². The zero-order chi connectivity index (χ0) is 12.4. The Labute approximate surface area is 99.9 Å². The molecule has 0 aromatic rings. The number of thiocarbonyl (C=S) groups is 1. The lowest BCUT2D eigenvalue weighted by Gasteiger charge is -2.11.